The summed E-state index contributed by atoms with van der Waals surface area (Å²) in [5.74, 6) is -1.14. The first-order valence-corrected chi connectivity index (χ1v) is 7.36. The highest BCUT2D eigenvalue weighted by molar-refractivity contribution is 5.94. The molecule has 6 heteroatoms. The maximum atomic E-state index is 13.8. The van der Waals surface area contributed by atoms with Gasteiger partial charge in [-0.15, -0.1) is 0 Å². The fourth-order valence-electron chi connectivity index (χ4n) is 2.33. The van der Waals surface area contributed by atoms with Crippen LogP contribution in [-0.2, 0) is 0 Å². The highest BCUT2D eigenvalue weighted by Gasteiger charge is 2.24. The minimum Gasteiger partial charge on any atom is -0.386 e. The molecule has 0 aliphatic heterocycles. The summed E-state index contributed by atoms with van der Waals surface area (Å²) in [6.07, 6.45) is 0.509. The number of hydrogen-bond donors (Lipinski definition) is 3. The highest BCUT2D eigenvalue weighted by atomic mass is 19.1. The molecule has 3 N–H and O–H groups in total. The first-order valence-electron chi connectivity index (χ1n) is 7.36. The number of aliphatic hydroxyl groups is 1. The number of pyridine rings is 1. The zero-order valence-corrected chi connectivity index (χ0v) is 13.0. The third-order valence-corrected chi connectivity index (χ3v) is 3.66. The van der Waals surface area contributed by atoms with Gasteiger partial charge in [0, 0.05) is 23.5 Å². The molecule has 0 unspecified atom stereocenters. The molecule has 122 valence electrons. The largest absolute Gasteiger partial charge is 0.386 e. The normalized spacial score (nSPS) is 13.4. The van der Waals surface area contributed by atoms with Crippen molar-refractivity contribution in [3.05, 3.63) is 69.4 Å². The van der Waals surface area contributed by atoms with Crippen molar-refractivity contribution in [2.75, 3.05) is 0 Å². The number of carbonyl (C=O) groups is 1. The van der Waals surface area contributed by atoms with Crippen molar-refractivity contribution in [3.8, 4) is 0 Å². The summed E-state index contributed by atoms with van der Waals surface area (Å²) in [6, 6.07) is 6.46. The molecule has 23 heavy (non-hydrogen) atoms. The van der Waals surface area contributed by atoms with Crippen LogP contribution < -0.4 is 10.7 Å². The van der Waals surface area contributed by atoms with Crippen LogP contribution in [0.15, 0.2) is 41.3 Å². The smallest absolute Gasteiger partial charge is 0.257 e. The van der Waals surface area contributed by atoms with E-state index in [0.717, 1.165) is 0 Å². The number of aryl methyl sites for hydroxylation is 1. The number of aromatic amines is 1. The molecule has 0 aliphatic carbocycles. The summed E-state index contributed by atoms with van der Waals surface area (Å²) in [6.45, 7) is 3.47. The molecule has 1 amide bonds. The van der Waals surface area contributed by atoms with E-state index in [1.807, 2.05) is 0 Å². The SMILES string of the molecule is CC[C@@H](NC(=O)c1c[nH]c(C)cc1=O)[C@H](O)c1ccccc1F. The van der Waals surface area contributed by atoms with Crippen molar-refractivity contribution < 1.29 is 14.3 Å². The third-order valence-electron chi connectivity index (χ3n) is 3.66. The fraction of sp³-hybridized carbons (Fsp3) is 0.294. The molecule has 0 saturated carbocycles. The second-order valence-corrected chi connectivity index (χ2v) is 5.35. The van der Waals surface area contributed by atoms with Gasteiger partial charge in [0.2, 0.25) is 0 Å². The second kappa shape index (κ2) is 7.19. The molecule has 0 saturated heterocycles. The molecule has 0 spiro atoms. The number of hydrogen-bond acceptors (Lipinski definition) is 3. The van der Waals surface area contributed by atoms with Gasteiger partial charge in [-0.1, -0.05) is 25.1 Å². The third kappa shape index (κ3) is 3.84. The number of H-pyrrole nitrogens is 1. The van der Waals surface area contributed by atoms with Crippen LogP contribution in [0.1, 0.15) is 41.1 Å². The van der Waals surface area contributed by atoms with Gasteiger partial charge >= 0.3 is 0 Å². The Hall–Kier alpha value is -2.47. The van der Waals surface area contributed by atoms with E-state index in [1.165, 1.54) is 30.5 Å². The predicted octanol–water partition coefficient (Wildman–Crippen LogP) is 2.06. The quantitative estimate of drug-likeness (QED) is 0.789. The summed E-state index contributed by atoms with van der Waals surface area (Å²) in [5.41, 5.74) is 0.297. The number of nitrogens with one attached hydrogen (secondary N) is 2. The molecular formula is C17H19FN2O3. The van der Waals surface area contributed by atoms with Crippen molar-refractivity contribution in [3.63, 3.8) is 0 Å². The second-order valence-electron chi connectivity index (χ2n) is 5.35. The predicted molar refractivity (Wildman–Crippen MR) is 84.7 cm³/mol. The Labute approximate surface area is 133 Å². The lowest BCUT2D eigenvalue weighted by Crippen LogP contribution is -2.40. The van der Waals surface area contributed by atoms with E-state index in [1.54, 1.807) is 19.9 Å². The molecule has 5 nitrogen and oxygen atoms in total. The lowest BCUT2D eigenvalue weighted by atomic mass is 9.99. The number of carbonyl (C=O) groups excluding carboxylic acids is 1. The molecular weight excluding hydrogens is 299 g/mol. The lowest BCUT2D eigenvalue weighted by molar-refractivity contribution is 0.0818. The minimum absolute atomic E-state index is 0.0465. The van der Waals surface area contributed by atoms with Crippen LogP contribution in [0, 0.1) is 12.7 Å². The van der Waals surface area contributed by atoms with E-state index in [4.69, 9.17) is 0 Å². The molecule has 0 radical (unpaired) electrons. The molecule has 2 rings (SSSR count). The highest BCUT2D eigenvalue weighted by Crippen LogP contribution is 2.21. The van der Waals surface area contributed by atoms with Gasteiger partial charge in [-0.25, -0.2) is 4.39 Å². The van der Waals surface area contributed by atoms with Crippen molar-refractivity contribution in [2.45, 2.75) is 32.4 Å². The standard InChI is InChI=1S/C17H19FN2O3/c1-3-14(16(22)11-6-4-5-7-13(11)18)20-17(23)12-9-19-10(2)8-15(12)21/h4-9,14,16,22H,3H2,1-2H3,(H,19,21)(H,20,23)/t14-,16-/m1/s1. The molecule has 1 aromatic heterocycles. The van der Waals surface area contributed by atoms with Crippen LogP contribution in [0.3, 0.4) is 0 Å². The van der Waals surface area contributed by atoms with E-state index in [9.17, 15) is 19.1 Å². The van der Waals surface area contributed by atoms with Crippen molar-refractivity contribution in [1.82, 2.24) is 10.3 Å². The number of benzene rings is 1. The lowest BCUT2D eigenvalue weighted by Gasteiger charge is -2.23. The van der Waals surface area contributed by atoms with Gasteiger partial charge < -0.3 is 15.4 Å². The van der Waals surface area contributed by atoms with Gasteiger partial charge in [-0.3, -0.25) is 9.59 Å². The molecule has 1 aromatic carbocycles. The van der Waals surface area contributed by atoms with Gasteiger partial charge in [-0.05, 0) is 19.4 Å². The zero-order chi connectivity index (χ0) is 17.0. The Morgan fingerprint density at radius 3 is 2.70 bits per heavy atom. The Bertz CT molecular complexity index is 757. The van der Waals surface area contributed by atoms with Crippen molar-refractivity contribution in [1.29, 1.82) is 0 Å². The number of aliphatic hydroxyl groups excluding tert-OH is 1. The summed E-state index contributed by atoms with van der Waals surface area (Å²) >= 11 is 0. The van der Waals surface area contributed by atoms with Crippen LogP contribution in [-0.4, -0.2) is 22.0 Å². The molecule has 2 atom stereocenters. The number of aromatic nitrogens is 1. The van der Waals surface area contributed by atoms with E-state index in [0.29, 0.717) is 12.1 Å². The Morgan fingerprint density at radius 2 is 2.09 bits per heavy atom. The maximum Gasteiger partial charge on any atom is 0.257 e. The van der Waals surface area contributed by atoms with Gasteiger partial charge in [0.05, 0.1) is 6.04 Å². The van der Waals surface area contributed by atoms with E-state index in [2.05, 4.69) is 10.3 Å². The van der Waals surface area contributed by atoms with Gasteiger partial charge in [0.25, 0.3) is 5.91 Å². The summed E-state index contributed by atoms with van der Waals surface area (Å²) in [5, 5.41) is 12.9. The van der Waals surface area contributed by atoms with Crippen molar-refractivity contribution >= 4 is 5.91 Å². The number of rotatable bonds is 5. The zero-order valence-electron chi connectivity index (χ0n) is 13.0. The van der Waals surface area contributed by atoms with E-state index >= 15 is 0 Å². The Morgan fingerprint density at radius 1 is 1.39 bits per heavy atom. The Balaban J connectivity index is 2.20. The van der Waals surface area contributed by atoms with Crippen LogP contribution in [0.2, 0.25) is 0 Å². The average molecular weight is 318 g/mol. The number of halogens is 1. The maximum absolute atomic E-state index is 13.8. The molecule has 2 aromatic rings. The van der Waals surface area contributed by atoms with Crippen LogP contribution in [0.25, 0.3) is 0 Å². The van der Waals surface area contributed by atoms with Crippen LogP contribution >= 0.6 is 0 Å². The summed E-state index contributed by atoms with van der Waals surface area (Å²) in [4.78, 5) is 26.9. The fourth-order valence-corrected chi connectivity index (χ4v) is 2.33. The van der Waals surface area contributed by atoms with Crippen molar-refractivity contribution in [2.24, 2.45) is 0 Å². The monoisotopic (exact) mass is 318 g/mol. The van der Waals surface area contributed by atoms with Crippen LogP contribution in [0.4, 0.5) is 4.39 Å². The molecule has 0 fully saturated rings. The molecule has 0 bridgehead atoms. The summed E-state index contributed by atoms with van der Waals surface area (Å²) < 4.78 is 13.8. The van der Waals surface area contributed by atoms with Gasteiger partial charge in [0.1, 0.15) is 17.5 Å². The van der Waals surface area contributed by atoms with E-state index in [-0.39, 0.29) is 11.1 Å². The van der Waals surface area contributed by atoms with Crippen LogP contribution in [0.5, 0.6) is 0 Å². The number of amides is 1. The van der Waals surface area contributed by atoms with Gasteiger partial charge in [-0.2, -0.15) is 0 Å². The Kier molecular flexibility index (Phi) is 5.28. The van der Waals surface area contributed by atoms with E-state index < -0.39 is 29.3 Å². The first kappa shape index (κ1) is 16.9. The topological polar surface area (TPSA) is 82.2 Å². The minimum atomic E-state index is -1.20. The molecule has 1 heterocycles. The average Bonchev–Trinajstić information content (AvgIpc) is 2.52. The summed E-state index contributed by atoms with van der Waals surface area (Å²) in [7, 11) is 0. The first-order chi connectivity index (χ1) is 10.9. The van der Waals surface area contributed by atoms with Gasteiger partial charge in [0.15, 0.2) is 5.43 Å². The molecule has 0 aliphatic rings.